The predicted molar refractivity (Wildman–Crippen MR) is 200 cm³/mol. The molecule has 0 amide bonds. The second kappa shape index (κ2) is 11.4. The summed E-state index contributed by atoms with van der Waals surface area (Å²) in [6, 6.07) is 57.8. The van der Waals surface area contributed by atoms with Crippen LogP contribution < -0.4 is 0 Å². The van der Waals surface area contributed by atoms with Gasteiger partial charge >= 0.3 is 0 Å². The van der Waals surface area contributed by atoms with E-state index in [9.17, 15) is 15.8 Å². The minimum atomic E-state index is 0.552. The van der Waals surface area contributed by atoms with Crippen molar-refractivity contribution in [1.29, 1.82) is 15.8 Å². The predicted octanol–water partition coefficient (Wildman–Crippen LogP) is 10.8. The number of para-hydroxylation sites is 3. The van der Waals surface area contributed by atoms with E-state index in [4.69, 9.17) is 0 Å². The first-order valence-corrected chi connectivity index (χ1v) is 16.3. The van der Waals surface area contributed by atoms with E-state index in [1.807, 2.05) is 84.9 Å². The summed E-state index contributed by atoms with van der Waals surface area (Å²) in [5.74, 6) is 0. The average molecular weight is 636 g/mol. The fourth-order valence-corrected chi connectivity index (χ4v) is 7.48. The van der Waals surface area contributed by atoms with E-state index in [-0.39, 0.29) is 0 Å². The monoisotopic (exact) mass is 635 g/mol. The first-order valence-electron chi connectivity index (χ1n) is 16.3. The van der Waals surface area contributed by atoms with Crippen molar-refractivity contribution in [3.8, 4) is 51.8 Å². The molecule has 2 heterocycles. The molecular weight excluding hydrogens is 611 g/mol. The molecule has 0 spiro atoms. The van der Waals surface area contributed by atoms with Crippen molar-refractivity contribution in [1.82, 2.24) is 9.13 Å². The van der Waals surface area contributed by atoms with Crippen LogP contribution >= 0.6 is 0 Å². The van der Waals surface area contributed by atoms with Gasteiger partial charge in [-0.15, -0.1) is 0 Å². The highest BCUT2D eigenvalue weighted by molar-refractivity contribution is 6.11. The lowest BCUT2D eigenvalue weighted by Crippen LogP contribution is -2.01. The van der Waals surface area contributed by atoms with Gasteiger partial charge < -0.3 is 9.13 Å². The van der Waals surface area contributed by atoms with Gasteiger partial charge in [0.25, 0.3) is 0 Å². The molecule has 0 aliphatic carbocycles. The van der Waals surface area contributed by atoms with E-state index in [2.05, 4.69) is 94.1 Å². The van der Waals surface area contributed by atoms with Crippen LogP contribution in [0.15, 0.2) is 152 Å². The van der Waals surface area contributed by atoms with E-state index < -0.39 is 0 Å². The van der Waals surface area contributed by atoms with Gasteiger partial charge in [0.15, 0.2) is 0 Å². The Labute approximate surface area is 287 Å². The van der Waals surface area contributed by atoms with Crippen LogP contribution in [0.2, 0.25) is 0 Å². The minimum absolute atomic E-state index is 0.552. The Balaban J connectivity index is 1.29. The highest BCUT2D eigenvalue weighted by atomic mass is 15.0. The molecule has 0 bridgehead atoms. The van der Waals surface area contributed by atoms with Gasteiger partial charge in [0.1, 0.15) is 6.07 Å². The van der Waals surface area contributed by atoms with E-state index >= 15 is 0 Å². The standard InChI is InChI=1S/C45H25N5/c46-26-29-20-22-43-40(23-29)37-15-4-6-18-42(37)50(43)45-32(28-48)10-8-16-39(45)35-13-2-1-12-34(35)31-9-7-11-33(25-31)49-41-17-5-3-14-36(41)38-21-19-30(27-47)24-44(38)49/h1-25H. The third-order valence-corrected chi connectivity index (χ3v) is 9.62. The summed E-state index contributed by atoms with van der Waals surface area (Å²) in [6.45, 7) is 0. The fourth-order valence-electron chi connectivity index (χ4n) is 7.48. The Morgan fingerprint density at radius 1 is 0.380 bits per heavy atom. The zero-order valence-electron chi connectivity index (χ0n) is 26.7. The Morgan fingerprint density at radius 3 is 1.76 bits per heavy atom. The van der Waals surface area contributed by atoms with Crippen LogP contribution in [0, 0.1) is 34.0 Å². The maximum absolute atomic E-state index is 10.5. The molecule has 0 atom stereocenters. The highest BCUT2D eigenvalue weighted by Crippen LogP contribution is 2.42. The summed E-state index contributed by atoms with van der Waals surface area (Å²) >= 11 is 0. The number of fused-ring (bicyclic) bond motifs is 6. The van der Waals surface area contributed by atoms with Crippen molar-refractivity contribution in [2.45, 2.75) is 0 Å². The summed E-state index contributed by atoms with van der Waals surface area (Å²) < 4.78 is 4.39. The number of benzene rings is 7. The number of hydrogen-bond acceptors (Lipinski definition) is 3. The first-order chi connectivity index (χ1) is 24.7. The van der Waals surface area contributed by atoms with Crippen molar-refractivity contribution in [3.05, 3.63) is 168 Å². The van der Waals surface area contributed by atoms with Gasteiger partial charge in [0.05, 0.1) is 56.6 Å². The van der Waals surface area contributed by atoms with Crippen LogP contribution in [-0.2, 0) is 0 Å². The summed E-state index contributed by atoms with van der Waals surface area (Å²) in [4.78, 5) is 0. The summed E-state index contributed by atoms with van der Waals surface area (Å²) in [5.41, 5.74) is 11.4. The van der Waals surface area contributed by atoms with E-state index in [0.29, 0.717) is 16.7 Å². The molecule has 0 unspecified atom stereocenters. The second-order valence-electron chi connectivity index (χ2n) is 12.3. The van der Waals surface area contributed by atoms with Gasteiger partial charge in [0.2, 0.25) is 0 Å². The zero-order valence-corrected chi connectivity index (χ0v) is 26.7. The quantitative estimate of drug-likeness (QED) is 0.193. The van der Waals surface area contributed by atoms with Crippen molar-refractivity contribution in [3.63, 3.8) is 0 Å². The molecule has 230 valence electrons. The molecule has 5 nitrogen and oxygen atoms in total. The van der Waals surface area contributed by atoms with Crippen LogP contribution in [-0.4, -0.2) is 9.13 Å². The molecule has 0 saturated carbocycles. The minimum Gasteiger partial charge on any atom is -0.309 e. The van der Waals surface area contributed by atoms with Crippen molar-refractivity contribution < 1.29 is 0 Å². The lowest BCUT2D eigenvalue weighted by Gasteiger charge is -2.19. The van der Waals surface area contributed by atoms with Gasteiger partial charge in [-0.2, -0.15) is 15.8 Å². The molecule has 9 rings (SSSR count). The second-order valence-corrected chi connectivity index (χ2v) is 12.3. The fraction of sp³-hybridized carbons (Fsp3) is 0. The van der Waals surface area contributed by atoms with Crippen molar-refractivity contribution >= 4 is 43.6 Å². The molecule has 0 fully saturated rings. The molecule has 7 aromatic carbocycles. The normalized spacial score (nSPS) is 11.1. The molecule has 50 heavy (non-hydrogen) atoms. The number of rotatable bonds is 4. The third kappa shape index (κ3) is 4.31. The molecule has 0 saturated heterocycles. The van der Waals surface area contributed by atoms with Gasteiger partial charge in [-0.05, 0) is 77.4 Å². The SMILES string of the molecule is N#Cc1ccc2c(c1)c1ccccc1n2-c1c(C#N)cccc1-c1ccccc1-c1cccc(-n2c3ccccc3c3ccc(C#N)cc32)c1. The maximum Gasteiger partial charge on any atom is 0.101 e. The van der Waals surface area contributed by atoms with Crippen LogP contribution in [0.5, 0.6) is 0 Å². The van der Waals surface area contributed by atoms with Crippen LogP contribution in [0.25, 0.3) is 77.2 Å². The molecule has 2 aromatic heterocycles. The lowest BCUT2D eigenvalue weighted by atomic mass is 9.92. The zero-order chi connectivity index (χ0) is 33.8. The number of nitrogens with zero attached hydrogens (tertiary/aromatic N) is 5. The van der Waals surface area contributed by atoms with E-state index in [0.717, 1.165) is 77.2 Å². The summed E-state index contributed by atoms with van der Waals surface area (Å²) in [5, 5.41) is 34.2. The molecule has 0 radical (unpaired) electrons. The van der Waals surface area contributed by atoms with Crippen LogP contribution in [0.1, 0.15) is 16.7 Å². The number of aromatic nitrogens is 2. The summed E-state index contributed by atoms with van der Waals surface area (Å²) in [6.07, 6.45) is 0. The lowest BCUT2D eigenvalue weighted by molar-refractivity contribution is 1.17. The smallest absolute Gasteiger partial charge is 0.101 e. The van der Waals surface area contributed by atoms with Crippen molar-refractivity contribution in [2.75, 3.05) is 0 Å². The Bertz CT molecular complexity index is 2970. The Morgan fingerprint density at radius 2 is 0.980 bits per heavy atom. The molecule has 0 aliphatic heterocycles. The first kappa shape index (κ1) is 28.8. The van der Waals surface area contributed by atoms with E-state index in [1.165, 1.54) is 0 Å². The van der Waals surface area contributed by atoms with Crippen molar-refractivity contribution in [2.24, 2.45) is 0 Å². The molecule has 9 aromatic rings. The molecule has 5 heteroatoms. The number of hydrogen-bond donors (Lipinski definition) is 0. The van der Waals surface area contributed by atoms with Gasteiger partial charge in [-0.1, -0.05) is 91.0 Å². The highest BCUT2D eigenvalue weighted by Gasteiger charge is 2.21. The van der Waals surface area contributed by atoms with E-state index in [1.54, 1.807) is 0 Å². The Hall–Kier alpha value is -7.39. The van der Waals surface area contributed by atoms with Crippen LogP contribution in [0.4, 0.5) is 0 Å². The van der Waals surface area contributed by atoms with Gasteiger partial charge in [-0.3, -0.25) is 0 Å². The largest absolute Gasteiger partial charge is 0.309 e. The topological polar surface area (TPSA) is 81.2 Å². The molecular formula is C45H25N5. The van der Waals surface area contributed by atoms with Gasteiger partial charge in [0, 0.05) is 32.8 Å². The van der Waals surface area contributed by atoms with Gasteiger partial charge in [-0.25, -0.2) is 0 Å². The number of nitriles is 3. The van der Waals surface area contributed by atoms with Crippen LogP contribution in [0.3, 0.4) is 0 Å². The molecule has 0 aliphatic rings. The molecule has 0 N–H and O–H groups in total. The summed E-state index contributed by atoms with van der Waals surface area (Å²) in [7, 11) is 0. The maximum atomic E-state index is 10.5. The average Bonchev–Trinajstić information content (AvgIpc) is 3.69. The third-order valence-electron chi connectivity index (χ3n) is 9.62. The Kier molecular flexibility index (Phi) is 6.56.